The highest BCUT2D eigenvalue weighted by atomic mass is 16.3. The Labute approximate surface area is 109 Å². The van der Waals surface area contributed by atoms with E-state index < -0.39 is 12.0 Å². The van der Waals surface area contributed by atoms with Gasteiger partial charge in [0.15, 0.2) is 11.5 Å². The van der Waals surface area contributed by atoms with E-state index in [9.17, 15) is 9.90 Å². The van der Waals surface area contributed by atoms with Gasteiger partial charge < -0.3 is 15.7 Å². The standard InChI is InChI=1S/C12H15N5O2/c13-10(19)9-11-14-4-2-6-17(11)15-12(9)16-5-1-3-8(18)7-16/h2,4,6,8,18H,1,3,5,7H2,(H2,13,19)/t8-/m0/s1. The summed E-state index contributed by atoms with van der Waals surface area (Å²) in [5.74, 6) is -0.0475. The minimum atomic E-state index is -0.552. The van der Waals surface area contributed by atoms with Gasteiger partial charge in [0.25, 0.3) is 5.91 Å². The summed E-state index contributed by atoms with van der Waals surface area (Å²) in [6.45, 7) is 1.21. The van der Waals surface area contributed by atoms with E-state index in [1.54, 1.807) is 18.5 Å². The molecule has 2 aromatic rings. The van der Waals surface area contributed by atoms with Crippen molar-refractivity contribution in [2.24, 2.45) is 5.73 Å². The Bertz CT molecular complexity index is 624. The van der Waals surface area contributed by atoms with Gasteiger partial charge in [0.1, 0.15) is 5.56 Å². The maximum atomic E-state index is 11.7. The lowest BCUT2D eigenvalue weighted by Crippen LogP contribution is -2.39. The van der Waals surface area contributed by atoms with Crippen molar-refractivity contribution in [1.82, 2.24) is 14.6 Å². The van der Waals surface area contributed by atoms with Gasteiger partial charge in [-0.2, -0.15) is 0 Å². The smallest absolute Gasteiger partial charge is 0.256 e. The summed E-state index contributed by atoms with van der Waals surface area (Å²) < 4.78 is 1.54. The van der Waals surface area contributed by atoms with Gasteiger partial charge in [0.05, 0.1) is 6.10 Å². The normalized spacial score (nSPS) is 19.8. The van der Waals surface area contributed by atoms with Crippen molar-refractivity contribution in [3.8, 4) is 0 Å². The lowest BCUT2D eigenvalue weighted by Gasteiger charge is -2.30. The van der Waals surface area contributed by atoms with Crippen LogP contribution in [-0.2, 0) is 0 Å². The number of hydrogen-bond acceptors (Lipinski definition) is 5. The fraction of sp³-hybridized carbons (Fsp3) is 0.417. The zero-order chi connectivity index (χ0) is 13.4. The van der Waals surface area contributed by atoms with Gasteiger partial charge in [-0.1, -0.05) is 0 Å². The predicted octanol–water partition coefficient (Wildman–Crippen LogP) is -0.211. The summed E-state index contributed by atoms with van der Waals surface area (Å²) in [5.41, 5.74) is 6.21. The molecule has 3 N–H and O–H groups in total. The SMILES string of the molecule is NC(=O)c1c(N2CCC[C@H](O)C2)nn2cccnc12. The largest absolute Gasteiger partial charge is 0.391 e. The van der Waals surface area contributed by atoms with Gasteiger partial charge >= 0.3 is 0 Å². The number of nitrogens with zero attached hydrogens (tertiary/aromatic N) is 4. The second-order valence-electron chi connectivity index (χ2n) is 4.69. The maximum Gasteiger partial charge on any atom is 0.256 e. The van der Waals surface area contributed by atoms with Crippen molar-refractivity contribution in [2.75, 3.05) is 18.0 Å². The Morgan fingerprint density at radius 3 is 3.11 bits per heavy atom. The van der Waals surface area contributed by atoms with Crippen molar-refractivity contribution in [3.63, 3.8) is 0 Å². The molecule has 7 nitrogen and oxygen atoms in total. The van der Waals surface area contributed by atoms with Gasteiger partial charge in [0.2, 0.25) is 0 Å². The fourth-order valence-electron chi connectivity index (χ4n) is 2.46. The number of piperidine rings is 1. The van der Waals surface area contributed by atoms with Crippen LogP contribution in [0.3, 0.4) is 0 Å². The number of carbonyl (C=O) groups excluding carboxylic acids is 1. The number of nitrogens with two attached hydrogens (primary N) is 1. The molecule has 1 atom stereocenters. The number of aliphatic hydroxyl groups excluding tert-OH is 1. The monoisotopic (exact) mass is 261 g/mol. The second kappa shape index (κ2) is 4.51. The van der Waals surface area contributed by atoms with Crippen molar-refractivity contribution in [2.45, 2.75) is 18.9 Å². The molecule has 1 aliphatic rings. The van der Waals surface area contributed by atoms with E-state index in [4.69, 9.17) is 5.73 Å². The Hall–Kier alpha value is -2.15. The zero-order valence-electron chi connectivity index (χ0n) is 10.4. The first kappa shape index (κ1) is 11.9. The molecule has 0 bridgehead atoms. The summed E-state index contributed by atoms with van der Waals surface area (Å²) in [7, 11) is 0. The van der Waals surface area contributed by atoms with E-state index in [2.05, 4.69) is 10.1 Å². The first-order chi connectivity index (χ1) is 9.16. The Balaban J connectivity index is 2.11. The number of hydrogen-bond donors (Lipinski definition) is 2. The number of carbonyl (C=O) groups is 1. The van der Waals surface area contributed by atoms with Crippen LogP contribution in [0.1, 0.15) is 23.2 Å². The van der Waals surface area contributed by atoms with E-state index in [0.717, 1.165) is 19.4 Å². The molecule has 3 rings (SSSR count). The molecule has 1 amide bonds. The average Bonchev–Trinajstić information content (AvgIpc) is 2.78. The predicted molar refractivity (Wildman–Crippen MR) is 69.0 cm³/mol. The van der Waals surface area contributed by atoms with E-state index in [1.807, 2.05) is 4.90 Å². The van der Waals surface area contributed by atoms with Crippen molar-refractivity contribution in [1.29, 1.82) is 0 Å². The van der Waals surface area contributed by atoms with Gasteiger partial charge in [-0.05, 0) is 18.9 Å². The highest BCUT2D eigenvalue weighted by Gasteiger charge is 2.26. The molecular weight excluding hydrogens is 246 g/mol. The molecule has 0 radical (unpaired) electrons. The first-order valence-corrected chi connectivity index (χ1v) is 6.23. The molecule has 0 unspecified atom stereocenters. The highest BCUT2D eigenvalue weighted by molar-refractivity contribution is 6.03. The van der Waals surface area contributed by atoms with Gasteiger partial charge in [-0.25, -0.2) is 9.50 Å². The summed E-state index contributed by atoms with van der Waals surface area (Å²) in [5, 5.41) is 14.1. The number of fused-ring (bicyclic) bond motifs is 1. The van der Waals surface area contributed by atoms with Gasteiger partial charge in [-0.15, -0.1) is 5.10 Å². The van der Waals surface area contributed by atoms with Crippen LogP contribution in [0.5, 0.6) is 0 Å². The number of rotatable bonds is 2. The molecule has 0 aromatic carbocycles. The van der Waals surface area contributed by atoms with Gasteiger partial charge in [0, 0.05) is 25.5 Å². The van der Waals surface area contributed by atoms with E-state index in [0.29, 0.717) is 23.6 Å². The van der Waals surface area contributed by atoms with Gasteiger partial charge in [-0.3, -0.25) is 4.79 Å². The topological polar surface area (TPSA) is 96.8 Å². The molecule has 0 saturated carbocycles. The van der Waals surface area contributed by atoms with Crippen LogP contribution in [0.25, 0.3) is 5.65 Å². The zero-order valence-corrected chi connectivity index (χ0v) is 10.4. The van der Waals surface area contributed by atoms with Crippen LogP contribution >= 0.6 is 0 Å². The minimum Gasteiger partial charge on any atom is -0.391 e. The minimum absolute atomic E-state index is 0.315. The quantitative estimate of drug-likeness (QED) is 0.779. The lowest BCUT2D eigenvalue weighted by molar-refractivity contribution is 0.100. The third-order valence-electron chi connectivity index (χ3n) is 3.32. The number of amides is 1. The first-order valence-electron chi connectivity index (χ1n) is 6.23. The van der Waals surface area contributed by atoms with Crippen LogP contribution in [0, 0.1) is 0 Å². The van der Waals surface area contributed by atoms with E-state index in [1.165, 1.54) is 4.52 Å². The highest BCUT2D eigenvalue weighted by Crippen LogP contribution is 2.25. The molecule has 1 aliphatic heterocycles. The van der Waals surface area contributed by atoms with Crippen molar-refractivity contribution in [3.05, 3.63) is 24.0 Å². The van der Waals surface area contributed by atoms with Crippen molar-refractivity contribution < 1.29 is 9.90 Å². The van der Waals surface area contributed by atoms with Crippen LogP contribution in [0.4, 0.5) is 5.82 Å². The van der Waals surface area contributed by atoms with Crippen molar-refractivity contribution >= 4 is 17.4 Å². The number of aliphatic hydroxyl groups is 1. The van der Waals surface area contributed by atoms with E-state index in [-0.39, 0.29) is 0 Å². The molecule has 1 saturated heterocycles. The van der Waals surface area contributed by atoms with Crippen LogP contribution in [0.15, 0.2) is 18.5 Å². The van der Waals surface area contributed by atoms with Crippen LogP contribution < -0.4 is 10.6 Å². The molecule has 3 heterocycles. The molecule has 100 valence electrons. The number of β-amino-alcohol motifs (C(OH)–C–C–N with tert-alkyl or cyclic N) is 1. The number of anilines is 1. The average molecular weight is 261 g/mol. The molecule has 19 heavy (non-hydrogen) atoms. The lowest BCUT2D eigenvalue weighted by atomic mass is 10.1. The fourth-order valence-corrected chi connectivity index (χ4v) is 2.46. The maximum absolute atomic E-state index is 11.7. The third kappa shape index (κ3) is 2.01. The number of primary amides is 1. The van der Waals surface area contributed by atoms with Crippen LogP contribution in [-0.4, -0.2) is 44.8 Å². The summed E-state index contributed by atoms with van der Waals surface area (Å²) in [6.07, 6.45) is 4.55. The third-order valence-corrected chi connectivity index (χ3v) is 3.32. The molecular formula is C12H15N5O2. The van der Waals surface area contributed by atoms with E-state index >= 15 is 0 Å². The number of aromatic nitrogens is 3. The molecule has 2 aromatic heterocycles. The molecule has 0 aliphatic carbocycles. The van der Waals surface area contributed by atoms with Crippen LogP contribution in [0.2, 0.25) is 0 Å². The Morgan fingerprint density at radius 2 is 2.37 bits per heavy atom. The molecule has 7 heteroatoms. The Morgan fingerprint density at radius 1 is 1.53 bits per heavy atom. The molecule has 1 fully saturated rings. The molecule has 0 spiro atoms. The summed E-state index contributed by atoms with van der Waals surface area (Å²) in [6, 6.07) is 1.74. The second-order valence-corrected chi connectivity index (χ2v) is 4.69. The summed E-state index contributed by atoms with van der Waals surface area (Å²) in [4.78, 5) is 17.7. The Kier molecular flexibility index (Phi) is 2.83. The summed E-state index contributed by atoms with van der Waals surface area (Å²) >= 11 is 0.